The molecule has 0 radical (unpaired) electrons. The van der Waals surface area contributed by atoms with Crippen molar-refractivity contribution >= 4 is 6.09 Å². The van der Waals surface area contributed by atoms with Crippen LogP contribution in [0.25, 0.3) is 0 Å². The number of nitrogens with zero attached hydrogens (tertiary/aromatic N) is 1. The largest absolute Gasteiger partial charge is 0.444 e. The van der Waals surface area contributed by atoms with Crippen LogP contribution >= 0.6 is 0 Å². The molecular formula is C16H17FN2O2. The minimum Gasteiger partial charge on any atom is -0.444 e. The minimum atomic E-state index is -0.555. The molecule has 1 N–H and O–H groups in total. The molecule has 0 aromatic heterocycles. The Morgan fingerprint density at radius 3 is 2.76 bits per heavy atom. The number of carbonyl (C=O) groups is 1. The summed E-state index contributed by atoms with van der Waals surface area (Å²) < 4.78 is 18.4. The van der Waals surface area contributed by atoms with E-state index in [9.17, 15) is 9.18 Å². The van der Waals surface area contributed by atoms with E-state index in [-0.39, 0.29) is 13.0 Å². The van der Waals surface area contributed by atoms with Crippen LogP contribution in [0.2, 0.25) is 0 Å². The summed E-state index contributed by atoms with van der Waals surface area (Å²) in [5.41, 5.74) is 0.345. The van der Waals surface area contributed by atoms with Gasteiger partial charge in [0.25, 0.3) is 0 Å². The van der Waals surface area contributed by atoms with Crippen molar-refractivity contribution in [1.29, 1.82) is 5.26 Å². The van der Waals surface area contributed by atoms with Gasteiger partial charge in [-0.05, 0) is 39.0 Å². The maximum Gasteiger partial charge on any atom is 0.408 e. The van der Waals surface area contributed by atoms with E-state index in [1.54, 1.807) is 20.8 Å². The number of carbonyl (C=O) groups excluding carboxylic acids is 1. The zero-order valence-corrected chi connectivity index (χ0v) is 12.3. The Kier molecular flexibility index (Phi) is 5.75. The van der Waals surface area contributed by atoms with Gasteiger partial charge < -0.3 is 10.1 Å². The summed E-state index contributed by atoms with van der Waals surface area (Å²) in [6.07, 6.45) is -0.543. The third kappa shape index (κ3) is 6.44. The number of rotatable bonds is 2. The molecule has 0 unspecified atom stereocenters. The number of alkyl carbamates (subject to hydrolysis) is 1. The van der Waals surface area contributed by atoms with Crippen molar-refractivity contribution in [2.45, 2.75) is 32.8 Å². The van der Waals surface area contributed by atoms with Crippen molar-refractivity contribution in [3.05, 3.63) is 35.1 Å². The van der Waals surface area contributed by atoms with E-state index in [0.717, 1.165) is 0 Å². The quantitative estimate of drug-likeness (QED) is 0.851. The van der Waals surface area contributed by atoms with Crippen LogP contribution < -0.4 is 5.32 Å². The van der Waals surface area contributed by atoms with Crippen LogP contribution in [0.5, 0.6) is 0 Å². The molecule has 0 atom stereocenters. The summed E-state index contributed by atoms with van der Waals surface area (Å²) in [6.45, 7) is 5.44. The van der Waals surface area contributed by atoms with Gasteiger partial charge in [-0.2, -0.15) is 5.26 Å². The lowest BCUT2D eigenvalue weighted by Gasteiger charge is -2.18. The van der Waals surface area contributed by atoms with Crippen molar-refractivity contribution in [2.75, 3.05) is 6.54 Å². The predicted molar refractivity (Wildman–Crippen MR) is 76.8 cm³/mol. The highest BCUT2D eigenvalue weighted by atomic mass is 19.1. The topological polar surface area (TPSA) is 62.1 Å². The first-order chi connectivity index (χ1) is 9.81. The van der Waals surface area contributed by atoms with Gasteiger partial charge >= 0.3 is 6.09 Å². The monoisotopic (exact) mass is 288 g/mol. The second-order valence-electron chi connectivity index (χ2n) is 5.30. The summed E-state index contributed by atoms with van der Waals surface area (Å²) in [5, 5.41) is 11.1. The Bertz CT molecular complexity index is 616. The molecular weight excluding hydrogens is 271 g/mol. The number of nitriles is 1. The number of amides is 1. The fourth-order valence-electron chi connectivity index (χ4n) is 1.45. The van der Waals surface area contributed by atoms with E-state index in [1.165, 1.54) is 18.2 Å². The molecule has 0 aliphatic carbocycles. The zero-order chi connectivity index (χ0) is 15.9. The van der Waals surface area contributed by atoms with Crippen molar-refractivity contribution in [3.8, 4) is 17.9 Å². The van der Waals surface area contributed by atoms with E-state index >= 15 is 0 Å². The van der Waals surface area contributed by atoms with E-state index in [1.807, 2.05) is 6.07 Å². The molecule has 1 aromatic carbocycles. The number of benzene rings is 1. The van der Waals surface area contributed by atoms with Gasteiger partial charge in [0.2, 0.25) is 0 Å². The Morgan fingerprint density at radius 2 is 2.14 bits per heavy atom. The third-order valence-electron chi connectivity index (χ3n) is 2.27. The highest BCUT2D eigenvalue weighted by Crippen LogP contribution is 2.10. The van der Waals surface area contributed by atoms with E-state index in [2.05, 4.69) is 17.2 Å². The third-order valence-corrected chi connectivity index (χ3v) is 2.27. The fourth-order valence-corrected chi connectivity index (χ4v) is 1.45. The highest BCUT2D eigenvalue weighted by Gasteiger charge is 2.14. The van der Waals surface area contributed by atoms with Crippen molar-refractivity contribution < 1.29 is 13.9 Å². The minimum absolute atomic E-state index is 0.00247. The summed E-state index contributed by atoms with van der Waals surface area (Å²) >= 11 is 0. The Labute approximate surface area is 123 Å². The summed E-state index contributed by atoms with van der Waals surface area (Å²) in [5.74, 6) is 5.11. The van der Waals surface area contributed by atoms with Crippen LogP contribution in [0.4, 0.5) is 9.18 Å². The molecule has 21 heavy (non-hydrogen) atoms. The number of ether oxygens (including phenoxy) is 1. The zero-order valence-electron chi connectivity index (χ0n) is 12.3. The summed E-state index contributed by atoms with van der Waals surface area (Å²) in [4.78, 5) is 11.4. The first-order valence-corrected chi connectivity index (χ1v) is 6.43. The molecule has 4 nitrogen and oxygen atoms in total. The number of halogens is 1. The molecule has 0 aliphatic heterocycles. The Morgan fingerprint density at radius 1 is 1.43 bits per heavy atom. The average Bonchev–Trinajstić information content (AvgIpc) is 2.36. The maximum atomic E-state index is 13.3. The predicted octanol–water partition coefficient (Wildman–Crippen LogP) is 2.77. The lowest BCUT2D eigenvalue weighted by atomic mass is 10.1. The fraction of sp³-hybridized carbons (Fsp3) is 0.375. The maximum absolute atomic E-state index is 13.3. The standard InChI is InChI=1S/C16H17FN2O2/c1-16(2,3)21-15(20)19-10-4-5-12-6-7-14(17)13(11-12)8-9-18/h6-7,11H,8,10H2,1-3H3,(H,19,20). The molecule has 0 fully saturated rings. The first-order valence-electron chi connectivity index (χ1n) is 6.43. The second kappa shape index (κ2) is 7.31. The van der Waals surface area contributed by atoms with Gasteiger partial charge in [-0.1, -0.05) is 11.8 Å². The van der Waals surface area contributed by atoms with E-state index in [0.29, 0.717) is 11.1 Å². The van der Waals surface area contributed by atoms with Gasteiger partial charge in [0, 0.05) is 11.1 Å². The molecule has 5 heteroatoms. The van der Waals surface area contributed by atoms with Crippen LogP contribution in [0.1, 0.15) is 31.9 Å². The van der Waals surface area contributed by atoms with Gasteiger partial charge in [-0.3, -0.25) is 0 Å². The molecule has 0 saturated carbocycles. The molecule has 0 saturated heterocycles. The van der Waals surface area contributed by atoms with Gasteiger partial charge in [0.15, 0.2) is 0 Å². The van der Waals surface area contributed by atoms with Crippen LogP contribution in [0.15, 0.2) is 18.2 Å². The van der Waals surface area contributed by atoms with Gasteiger partial charge in [-0.15, -0.1) is 0 Å². The molecule has 110 valence electrons. The SMILES string of the molecule is CC(C)(C)OC(=O)NCC#Cc1ccc(F)c(CC#N)c1. The first kappa shape index (κ1) is 16.5. The highest BCUT2D eigenvalue weighted by molar-refractivity contribution is 5.68. The summed E-state index contributed by atoms with van der Waals surface area (Å²) in [7, 11) is 0. The van der Waals surface area contributed by atoms with Crippen molar-refractivity contribution in [3.63, 3.8) is 0 Å². The van der Waals surface area contributed by atoms with Gasteiger partial charge in [0.1, 0.15) is 11.4 Å². The van der Waals surface area contributed by atoms with Crippen LogP contribution in [0.3, 0.4) is 0 Å². The lowest BCUT2D eigenvalue weighted by molar-refractivity contribution is 0.0535. The molecule has 0 aliphatic rings. The van der Waals surface area contributed by atoms with Crippen molar-refractivity contribution in [1.82, 2.24) is 5.32 Å². The molecule has 1 amide bonds. The van der Waals surface area contributed by atoms with E-state index < -0.39 is 17.5 Å². The van der Waals surface area contributed by atoms with Gasteiger partial charge in [0.05, 0.1) is 19.0 Å². The molecule has 1 aromatic rings. The van der Waals surface area contributed by atoms with Crippen LogP contribution in [0, 0.1) is 29.0 Å². The Balaban J connectivity index is 2.58. The summed E-state index contributed by atoms with van der Waals surface area (Å²) in [6, 6.07) is 6.22. The second-order valence-corrected chi connectivity index (χ2v) is 5.30. The van der Waals surface area contributed by atoms with Crippen LogP contribution in [-0.2, 0) is 11.2 Å². The molecule has 0 heterocycles. The van der Waals surface area contributed by atoms with Crippen molar-refractivity contribution in [2.24, 2.45) is 0 Å². The number of nitrogens with one attached hydrogen (secondary N) is 1. The van der Waals surface area contributed by atoms with Crippen LogP contribution in [-0.4, -0.2) is 18.2 Å². The molecule has 0 bridgehead atoms. The Hall–Kier alpha value is -2.53. The molecule has 0 spiro atoms. The molecule has 1 rings (SSSR count). The smallest absolute Gasteiger partial charge is 0.408 e. The average molecular weight is 288 g/mol. The normalized spacial score (nSPS) is 10.0. The van der Waals surface area contributed by atoms with E-state index in [4.69, 9.17) is 10.00 Å². The lowest BCUT2D eigenvalue weighted by Crippen LogP contribution is -2.32. The number of hydrogen-bond donors (Lipinski definition) is 1. The number of hydrogen-bond acceptors (Lipinski definition) is 3. The van der Waals surface area contributed by atoms with Gasteiger partial charge in [-0.25, -0.2) is 9.18 Å².